The van der Waals surface area contributed by atoms with Crippen molar-refractivity contribution in [2.45, 2.75) is 32.5 Å². The van der Waals surface area contributed by atoms with E-state index in [1.807, 2.05) is 45.0 Å². The molecule has 0 unspecified atom stereocenters. The van der Waals surface area contributed by atoms with Crippen molar-refractivity contribution < 1.29 is 24.2 Å². The van der Waals surface area contributed by atoms with Crippen molar-refractivity contribution in [3.63, 3.8) is 0 Å². The lowest BCUT2D eigenvalue weighted by atomic mass is 10.2. The minimum absolute atomic E-state index is 0.178. The maximum Gasteiger partial charge on any atom is 0.414 e. The second kappa shape index (κ2) is 7.64. The van der Waals surface area contributed by atoms with Crippen molar-refractivity contribution in [3.05, 3.63) is 24.3 Å². The SMILES string of the molecule is CC(C)(C)OC(=O)N1CCN(c2ccc(N3C[C@H](CO)OC3=O)cc2)CC1. The molecule has 2 aliphatic heterocycles. The summed E-state index contributed by atoms with van der Waals surface area (Å²) in [5.41, 5.74) is 1.29. The Morgan fingerprint density at radius 1 is 1.15 bits per heavy atom. The fourth-order valence-electron chi connectivity index (χ4n) is 3.14. The molecule has 0 bridgehead atoms. The Morgan fingerprint density at radius 3 is 2.26 bits per heavy atom. The van der Waals surface area contributed by atoms with Gasteiger partial charge in [0.1, 0.15) is 11.7 Å². The first-order chi connectivity index (χ1) is 12.8. The fourth-order valence-corrected chi connectivity index (χ4v) is 3.14. The van der Waals surface area contributed by atoms with Crippen LogP contribution in [0, 0.1) is 0 Å². The molecular formula is C19H27N3O5. The van der Waals surface area contributed by atoms with Gasteiger partial charge in [0.05, 0.1) is 13.2 Å². The second-order valence-corrected chi connectivity index (χ2v) is 7.77. The Balaban J connectivity index is 1.56. The van der Waals surface area contributed by atoms with Gasteiger partial charge in [-0.05, 0) is 45.0 Å². The van der Waals surface area contributed by atoms with Gasteiger partial charge in [-0.2, -0.15) is 0 Å². The molecule has 0 saturated carbocycles. The zero-order valence-electron chi connectivity index (χ0n) is 16.1. The number of carbonyl (C=O) groups excluding carboxylic acids is 2. The number of piperazine rings is 1. The third kappa shape index (κ3) is 4.63. The molecule has 8 heteroatoms. The molecule has 1 aromatic rings. The van der Waals surface area contributed by atoms with Crippen LogP contribution in [0.2, 0.25) is 0 Å². The molecule has 3 rings (SSSR count). The standard InChI is InChI=1S/C19H27N3O5/c1-19(2,3)27-17(24)21-10-8-20(9-11-21)14-4-6-15(7-5-14)22-12-16(13-23)26-18(22)25/h4-7,16,23H,8-13H2,1-3H3/t16-/m1/s1. The minimum atomic E-state index is -0.490. The Bertz CT molecular complexity index is 678. The van der Waals surface area contributed by atoms with Crippen LogP contribution in [0.4, 0.5) is 21.0 Å². The van der Waals surface area contributed by atoms with Crippen LogP contribution in [-0.2, 0) is 9.47 Å². The van der Waals surface area contributed by atoms with E-state index in [2.05, 4.69) is 4.90 Å². The summed E-state index contributed by atoms with van der Waals surface area (Å²) in [6.45, 7) is 8.41. The molecular weight excluding hydrogens is 350 g/mol. The maximum absolute atomic E-state index is 12.1. The van der Waals surface area contributed by atoms with Gasteiger partial charge in [0, 0.05) is 37.6 Å². The molecule has 27 heavy (non-hydrogen) atoms. The zero-order chi connectivity index (χ0) is 19.6. The third-order valence-electron chi connectivity index (χ3n) is 4.54. The number of carbonyl (C=O) groups is 2. The van der Waals surface area contributed by atoms with E-state index in [-0.39, 0.29) is 12.7 Å². The van der Waals surface area contributed by atoms with Gasteiger partial charge >= 0.3 is 12.2 Å². The lowest BCUT2D eigenvalue weighted by Crippen LogP contribution is -2.50. The number of anilines is 2. The Labute approximate surface area is 159 Å². The largest absolute Gasteiger partial charge is 0.444 e. The van der Waals surface area contributed by atoms with E-state index in [1.165, 1.54) is 4.90 Å². The van der Waals surface area contributed by atoms with E-state index in [0.29, 0.717) is 19.6 Å². The molecule has 2 amide bonds. The van der Waals surface area contributed by atoms with Crippen molar-refractivity contribution in [2.75, 3.05) is 49.1 Å². The number of benzene rings is 1. The van der Waals surface area contributed by atoms with Gasteiger partial charge in [-0.25, -0.2) is 9.59 Å². The van der Waals surface area contributed by atoms with Crippen molar-refractivity contribution in [3.8, 4) is 0 Å². The van der Waals surface area contributed by atoms with Crippen molar-refractivity contribution in [1.29, 1.82) is 0 Å². The van der Waals surface area contributed by atoms with Crippen LogP contribution in [0.1, 0.15) is 20.8 Å². The highest BCUT2D eigenvalue weighted by Gasteiger charge is 2.32. The summed E-state index contributed by atoms with van der Waals surface area (Å²) in [5, 5.41) is 9.14. The van der Waals surface area contributed by atoms with E-state index >= 15 is 0 Å². The number of rotatable bonds is 3. The predicted octanol–water partition coefficient (Wildman–Crippen LogP) is 2.06. The van der Waals surface area contributed by atoms with Crippen LogP contribution < -0.4 is 9.80 Å². The molecule has 0 aliphatic carbocycles. The number of nitrogens with zero attached hydrogens (tertiary/aromatic N) is 3. The van der Waals surface area contributed by atoms with E-state index in [1.54, 1.807) is 4.90 Å². The van der Waals surface area contributed by atoms with Crippen LogP contribution in [0.15, 0.2) is 24.3 Å². The first-order valence-electron chi connectivity index (χ1n) is 9.19. The summed E-state index contributed by atoms with van der Waals surface area (Å²) in [5.74, 6) is 0. The molecule has 2 aliphatic rings. The minimum Gasteiger partial charge on any atom is -0.444 e. The van der Waals surface area contributed by atoms with Gasteiger partial charge in [0.2, 0.25) is 0 Å². The summed E-state index contributed by atoms with van der Waals surface area (Å²) < 4.78 is 10.5. The first-order valence-corrected chi connectivity index (χ1v) is 9.19. The quantitative estimate of drug-likeness (QED) is 0.868. The van der Waals surface area contributed by atoms with Crippen molar-refractivity contribution >= 4 is 23.6 Å². The Morgan fingerprint density at radius 2 is 1.74 bits per heavy atom. The monoisotopic (exact) mass is 377 g/mol. The number of hydrogen-bond acceptors (Lipinski definition) is 6. The number of amides is 2. The van der Waals surface area contributed by atoms with Gasteiger partial charge in [0.25, 0.3) is 0 Å². The molecule has 8 nitrogen and oxygen atoms in total. The topological polar surface area (TPSA) is 82.6 Å². The van der Waals surface area contributed by atoms with Crippen LogP contribution >= 0.6 is 0 Å². The highest BCUT2D eigenvalue weighted by molar-refractivity contribution is 5.90. The average molecular weight is 377 g/mol. The van der Waals surface area contributed by atoms with E-state index < -0.39 is 17.8 Å². The number of aliphatic hydroxyl groups is 1. The van der Waals surface area contributed by atoms with Gasteiger partial charge in [-0.15, -0.1) is 0 Å². The van der Waals surface area contributed by atoms with Gasteiger partial charge in [0.15, 0.2) is 0 Å². The maximum atomic E-state index is 12.1. The fraction of sp³-hybridized carbons (Fsp3) is 0.579. The molecule has 0 aromatic heterocycles. The lowest BCUT2D eigenvalue weighted by molar-refractivity contribution is 0.0240. The van der Waals surface area contributed by atoms with Gasteiger partial charge < -0.3 is 24.4 Å². The predicted molar refractivity (Wildman–Crippen MR) is 101 cm³/mol. The van der Waals surface area contributed by atoms with E-state index in [0.717, 1.165) is 24.5 Å². The normalized spacial score (nSPS) is 20.7. The second-order valence-electron chi connectivity index (χ2n) is 7.77. The van der Waals surface area contributed by atoms with Crippen LogP contribution in [0.25, 0.3) is 0 Å². The summed E-state index contributed by atoms with van der Waals surface area (Å²) in [4.78, 5) is 29.5. The van der Waals surface area contributed by atoms with E-state index in [9.17, 15) is 9.59 Å². The Hall–Kier alpha value is -2.48. The summed E-state index contributed by atoms with van der Waals surface area (Å²) in [6, 6.07) is 7.66. The molecule has 1 aromatic carbocycles. The molecule has 0 radical (unpaired) electrons. The van der Waals surface area contributed by atoms with Gasteiger partial charge in [-0.1, -0.05) is 0 Å². The molecule has 2 saturated heterocycles. The smallest absolute Gasteiger partial charge is 0.414 e. The van der Waals surface area contributed by atoms with Crippen molar-refractivity contribution in [1.82, 2.24) is 4.90 Å². The molecule has 1 N–H and O–H groups in total. The number of ether oxygens (including phenoxy) is 2. The highest BCUT2D eigenvalue weighted by Crippen LogP contribution is 2.25. The van der Waals surface area contributed by atoms with Crippen LogP contribution in [0.5, 0.6) is 0 Å². The van der Waals surface area contributed by atoms with Gasteiger partial charge in [-0.3, -0.25) is 4.90 Å². The third-order valence-corrected chi connectivity index (χ3v) is 4.54. The number of cyclic esters (lactones) is 1. The number of aliphatic hydroxyl groups excluding tert-OH is 1. The zero-order valence-corrected chi connectivity index (χ0v) is 16.1. The first kappa shape index (κ1) is 19.3. The molecule has 1 atom stereocenters. The Kier molecular flexibility index (Phi) is 5.46. The molecule has 148 valence electrons. The summed E-state index contributed by atoms with van der Waals surface area (Å²) >= 11 is 0. The van der Waals surface area contributed by atoms with Crippen molar-refractivity contribution in [2.24, 2.45) is 0 Å². The highest BCUT2D eigenvalue weighted by atomic mass is 16.6. The summed E-state index contributed by atoms with van der Waals surface area (Å²) in [6.07, 6.45) is -1.19. The van der Waals surface area contributed by atoms with Crippen LogP contribution in [0.3, 0.4) is 0 Å². The molecule has 0 spiro atoms. The van der Waals surface area contributed by atoms with E-state index in [4.69, 9.17) is 14.6 Å². The summed E-state index contributed by atoms with van der Waals surface area (Å²) in [7, 11) is 0. The average Bonchev–Trinajstić information content (AvgIpc) is 3.01. The lowest BCUT2D eigenvalue weighted by Gasteiger charge is -2.36. The molecule has 2 heterocycles. The van der Waals surface area contributed by atoms with Crippen LogP contribution in [-0.4, -0.2) is 73.2 Å². The number of hydrogen-bond donors (Lipinski definition) is 1. The molecule has 2 fully saturated rings.